The van der Waals surface area contributed by atoms with Gasteiger partial charge in [0.2, 0.25) is 0 Å². The van der Waals surface area contributed by atoms with Crippen molar-refractivity contribution in [3.05, 3.63) is 265 Å². The Balaban J connectivity index is 1.08. The number of benzene rings is 10. The van der Waals surface area contributed by atoms with E-state index >= 15 is 0 Å². The minimum atomic E-state index is -0.561. The molecule has 0 saturated carbocycles. The fourth-order valence-electron chi connectivity index (χ4n) is 11.0. The van der Waals surface area contributed by atoms with Crippen molar-refractivity contribution < 1.29 is 0 Å². The lowest BCUT2D eigenvalue weighted by molar-refractivity contribution is 0.748. The molecule has 2 nitrogen and oxygen atoms in total. The molecular formula is C61H40N2. The summed E-state index contributed by atoms with van der Waals surface area (Å²) < 4.78 is 2.52. The van der Waals surface area contributed by atoms with E-state index in [1.54, 1.807) is 0 Å². The van der Waals surface area contributed by atoms with Crippen LogP contribution in [0.1, 0.15) is 22.3 Å². The third-order valence-corrected chi connectivity index (χ3v) is 13.6. The minimum absolute atomic E-state index is 0.561. The van der Waals surface area contributed by atoms with Crippen LogP contribution in [0.3, 0.4) is 0 Å². The molecule has 1 aliphatic heterocycles. The summed E-state index contributed by atoms with van der Waals surface area (Å²) in [6.07, 6.45) is 0. The summed E-state index contributed by atoms with van der Waals surface area (Å²) in [6.45, 7) is 0. The van der Waals surface area contributed by atoms with Gasteiger partial charge in [0.15, 0.2) is 0 Å². The smallest absolute Gasteiger partial charge is 0.0755 e. The standard InChI is InChI=1S/C61H40N2/c1-3-17-41(18-4-1)43-33-35-46(36-34-43)62(57-30-12-8-23-48(57)45-22-15-21-44(39-45)42-19-5-2-6-20-42)47-37-38-50-49-24-7-10-27-53(49)61(56(50)40-47)54-28-11-14-32-59(54)63-58-31-13-9-25-51(58)52-26-16-29-55(61)60(52)63/h1-40H. The highest BCUT2D eigenvalue weighted by atomic mass is 15.1. The zero-order valence-electron chi connectivity index (χ0n) is 34.5. The second-order valence-corrected chi connectivity index (χ2v) is 16.8. The molecule has 1 unspecified atom stereocenters. The van der Waals surface area contributed by atoms with E-state index in [9.17, 15) is 0 Å². The van der Waals surface area contributed by atoms with Gasteiger partial charge in [-0.1, -0.05) is 194 Å². The lowest BCUT2D eigenvalue weighted by Gasteiger charge is -2.40. The van der Waals surface area contributed by atoms with Crippen LogP contribution in [-0.2, 0) is 5.41 Å². The molecule has 294 valence electrons. The van der Waals surface area contributed by atoms with Gasteiger partial charge in [0, 0.05) is 27.7 Å². The highest BCUT2D eigenvalue weighted by Gasteiger charge is 2.51. The van der Waals surface area contributed by atoms with E-state index in [1.165, 1.54) is 94.3 Å². The molecule has 0 fully saturated rings. The van der Waals surface area contributed by atoms with Crippen LogP contribution in [0, 0.1) is 0 Å². The summed E-state index contributed by atoms with van der Waals surface area (Å²) in [5, 5.41) is 2.56. The number of anilines is 3. The van der Waals surface area contributed by atoms with Gasteiger partial charge in [-0.15, -0.1) is 0 Å². The van der Waals surface area contributed by atoms with Gasteiger partial charge in [0.1, 0.15) is 0 Å². The SMILES string of the molecule is c1ccc(-c2ccc(N(c3ccc4c(c3)C3(c5ccccc5-4)c4ccccc4-n4c5ccccc5c5cccc3c54)c3ccccc3-c3cccc(-c4ccccc4)c3)cc2)cc1. The molecule has 2 aliphatic rings. The molecule has 0 amide bonds. The quantitative estimate of drug-likeness (QED) is 0.163. The van der Waals surface area contributed by atoms with Crippen molar-refractivity contribution in [2.24, 2.45) is 0 Å². The number of rotatable bonds is 6. The van der Waals surface area contributed by atoms with Crippen LogP contribution in [-0.4, -0.2) is 4.57 Å². The average Bonchev–Trinajstić information content (AvgIpc) is 3.85. The largest absolute Gasteiger partial charge is 0.310 e. The molecule has 0 saturated heterocycles. The van der Waals surface area contributed by atoms with Crippen molar-refractivity contribution >= 4 is 38.9 Å². The van der Waals surface area contributed by atoms with Crippen molar-refractivity contribution in [1.82, 2.24) is 4.57 Å². The van der Waals surface area contributed by atoms with Crippen LogP contribution in [0.5, 0.6) is 0 Å². The molecule has 1 spiro atoms. The second-order valence-electron chi connectivity index (χ2n) is 16.8. The molecule has 1 atom stereocenters. The molecule has 10 aromatic carbocycles. The van der Waals surface area contributed by atoms with Crippen LogP contribution in [0.25, 0.3) is 72.0 Å². The molecule has 13 rings (SSSR count). The molecule has 2 heteroatoms. The predicted molar refractivity (Wildman–Crippen MR) is 263 cm³/mol. The highest BCUT2D eigenvalue weighted by molar-refractivity contribution is 6.13. The van der Waals surface area contributed by atoms with Crippen LogP contribution in [0.4, 0.5) is 17.1 Å². The number of aromatic nitrogens is 1. The van der Waals surface area contributed by atoms with Gasteiger partial charge in [0.25, 0.3) is 0 Å². The zero-order chi connectivity index (χ0) is 41.5. The van der Waals surface area contributed by atoms with E-state index in [-0.39, 0.29) is 0 Å². The summed E-state index contributed by atoms with van der Waals surface area (Å²) in [4.78, 5) is 2.47. The molecule has 2 heterocycles. The Labute approximate surface area is 367 Å². The molecule has 11 aromatic rings. The first-order valence-corrected chi connectivity index (χ1v) is 21.8. The Morgan fingerprint density at radius 3 is 1.70 bits per heavy atom. The van der Waals surface area contributed by atoms with Crippen molar-refractivity contribution in [1.29, 1.82) is 0 Å². The Morgan fingerprint density at radius 1 is 0.317 bits per heavy atom. The maximum atomic E-state index is 2.52. The topological polar surface area (TPSA) is 8.17 Å². The number of hydrogen-bond acceptors (Lipinski definition) is 1. The van der Waals surface area contributed by atoms with Gasteiger partial charge in [-0.2, -0.15) is 0 Å². The first kappa shape index (κ1) is 35.5. The lowest BCUT2D eigenvalue weighted by Crippen LogP contribution is -2.33. The van der Waals surface area contributed by atoms with Crippen molar-refractivity contribution in [2.75, 3.05) is 4.90 Å². The van der Waals surface area contributed by atoms with Gasteiger partial charge in [-0.25, -0.2) is 0 Å². The minimum Gasteiger partial charge on any atom is -0.310 e. The van der Waals surface area contributed by atoms with Crippen molar-refractivity contribution in [3.8, 4) is 50.2 Å². The van der Waals surface area contributed by atoms with Crippen LogP contribution >= 0.6 is 0 Å². The zero-order valence-corrected chi connectivity index (χ0v) is 34.5. The van der Waals surface area contributed by atoms with Crippen LogP contribution < -0.4 is 4.90 Å². The molecule has 0 N–H and O–H groups in total. The summed E-state index contributed by atoms with van der Waals surface area (Å²) in [7, 11) is 0. The van der Waals surface area contributed by atoms with Crippen LogP contribution in [0.2, 0.25) is 0 Å². The molecule has 1 aromatic heterocycles. The van der Waals surface area contributed by atoms with Crippen molar-refractivity contribution in [2.45, 2.75) is 5.41 Å². The highest BCUT2D eigenvalue weighted by Crippen LogP contribution is 2.62. The number of nitrogens with zero attached hydrogens (tertiary/aromatic N) is 2. The van der Waals surface area contributed by atoms with Gasteiger partial charge in [-0.3, -0.25) is 0 Å². The van der Waals surface area contributed by atoms with E-state index < -0.39 is 5.41 Å². The fourth-order valence-corrected chi connectivity index (χ4v) is 11.0. The second kappa shape index (κ2) is 13.9. The maximum absolute atomic E-state index is 2.52. The number of fused-ring (bicyclic) bond motifs is 12. The number of para-hydroxylation sites is 4. The van der Waals surface area contributed by atoms with E-state index in [1.807, 2.05) is 0 Å². The Hall–Kier alpha value is -8.20. The van der Waals surface area contributed by atoms with Gasteiger partial charge in [0.05, 0.1) is 27.8 Å². The van der Waals surface area contributed by atoms with Crippen LogP contribution in [0.15, 0.2) is 243 Å². The Kier molecular flexibility index (Phi) is 7.85. The molecule has 0 radical (unpaired) electrons. The van der Waals surface area contributed by atoms with Crippen molar-refractivity contribution in [3.63, 3.8) is 0 Å². The summed E-state index contributed by atoms with van der Waals surface area (Å²) in [5.74, 6) is 0. The van der Waals surface area contributed by atoms with E-state index in [0.717, 1.165) is 17.1 Å². The summed E-state index contributed by atoms with van der Waals surface area (Å²) >= 11 is 0. The number of hydrogen-bond donors (Lipinski definition) is 0. The first-order valence-electron chi connectivity index (χ1n) is 21.8. The molecular weight excluding hydrogens is 761 g/mol. The van der Waals surface area contributed by atoms with Gasteiger partial charge < -0.3 is 9.47 Å². The van der Waals surface area contributed by atoms with Gasteiger partial charge >= 0.3 is 0 Å². The molecule has 1 aliphatic carbocycles. The normalized spacial score (nSPS) is 14.4. The maximum Gasteiger partial charge on any atom is 0.0755 e. The fraction of sp³-hybridized carbons (Fsp3) is 0.0164. The summed E-state index contributed by atoms with van der Waals surface area (Å²) in [6, 6.07) is 89.6. The monoisotopic (exact) mass is 800 g/mol. The summed E-state index contributed by atoms with van der Waals surface area (Å²) in [5.41, 5.74) is 21.4. The third-order valence-electron chi connectivity index (χ3n) is 13.6. The lowest BCUT2D eigenvalue weighted by atomic mass is 9.65. The predicted octanol–water partition coefficient (Wildman–Crippen LogP) is 15.9. The van der Waals surface area contributed by atoms with E-state index in [0.29, 0.717) is 0 Å². The van der Waals surface area contributed by atoms with E-state index in [4.69, 9.17) is 0 Å². The van der Waals surface area contributed by atoms with Gasteiger partial charge in [-0.05, 0) is 110 Å². The Bertz CT molecular complexity index is 3560. The average molecular weight is 801 g/mol. The Morgan fingerprint density at radius 2 is 0.873 bits per heavy atom. The molecule has 0 bridgehead atoms. The molecule has 63 heavy (non-hydrogen) atoms. The first-order chi connectivity index (χ1) is 31.3. The third kappa shape index (κ3) is 5.19. The van der Waals surface area contributed by atoms with E-state index in [2.05, 4.69) is 252 Å².